The highest BCUT2D eigenvalue weighted by molar-refractivity contribution is 5.58. The fraction of sp³-hybridized carbons (Fsp3) is 0.571. The van der Waals surface area contributed by atoms with Gasteiger partial charge < -0.3 is 20.1 Å². The summed E-state index contributed by atoms with van der Waals surface area (Å²) in [4.78, 5) is 2.27. The number of nitrogens with two attached hydrogens (primary N) is 1. The minimum atomic E-state index is 0.695. The van der Waals surface area contributed by atoms with Crippen LogP contribution < -0.4 is 15.4 Å². The fourth-order valence-electron chi connectivity index (χ4n) is 1.84. The maximum atomic E-state index is 5.59. The van der Waals surface area contributed by atoms with Gasteiger partial charge in [0.15, 0.2) is 0 Å². The fourth-order valence-corrected chi connectivity index (χ4v) is 1.84. The van der Waals surface area contributed by atoms with Crippen LogP contribution in [0.2, 0.25) is 0 Å². The average molecular weight is 252 g/mol. The third-order valence-corrected chi connectivity index (χ3v) is 2.77. The van der Waals surface area contributed by atoms with Crippen molar-refractivity contribution in [3.05, 3.63) is 24.3 Å². The number of methoxy groups -OCH3 is 1. The number of nitrogens with zero attached hydrogens (tertiary/aromatic N) is 1. The molecule has 0 bridgehead atoms. The molecule has 0 atom stereocenters. The first-order valence-corrected chi connectivity index (χ1v) is 6.49. The van der Waals surface area contributed by atoms with Gasteiger partial charge in [-0.25, -0.2) is 0 Å². The first-order valence-electron chi connectivity index (χ1n) is 6.49. The Bertz CT molecular complexity index is 331. The molecule has 0 heterocycles. The topological polar surface area (TPSA) is 47.7 Å². The van der Waals surface area contributed by atoms with Gasteiger partial charge in [-0.2, -0.15) is 0 Å². The Kier molecular flexibility index (Phi) is 7.22. The summed E-state index contributed by atoms with van der Waals surface area (Å²) in [6, 6.07) is 8.05. The first-order chi connectivity index (χ1) is 8.83. The normalized spacial score (nSPS) is 10.4. The molecule has 102 valence electrons. The van der Waals surface area contributed by atoms with Crippen LogP contribution in [0.3, 0.4) is 0 Å². The molecule has 1 aromatic carbocycles. The van der Waals surface area contributed by atoms with E-state index in [1.54, 1.807) is 7.11 Å². The van der Waals surface area contributed by atoms with Crippen LogP contribution in [0.1, 0.15) is 13.3 Å². The Hall–Kier alpha value is -1.26. The van der Waals surface area contributed by atoms with Gasteiger partial charge in [-0.05, 0) is 32.0 Å². The molecule has 0 aliphatic rings. The lowest BCUT2D eigenvalue weighted by Gasteiger charge is -2.26. The van der Waals surface area contributed by atoms with Gasteiger partial charge in [0.1, 0.15) is 5.75 Å². The summed E-state index contributed by atoms with van der Waals surface area (Å²) < 4.78 is 10.8. The van der Waals surface area contributed by atoms with Crippen LogP contribution in [-0.2, 0) is 4.74 Å². The summed E-state index contributed by atoms with van der Waals surface area (Å²) in [5, 5.41) is 0. The van der Waals surface area contributed by atoms with E-state index in [1.165, 1.54) is 0 Å². The largest absolute Gasteiger partial charge is 0.495 e. The zero-order valence-electron chi connectivity index (χ0n) is 11.4. The van der Waals surface area contributed by atoms with E-state index in [1.807, 2.05) is 25.1 Å². The van der Waals surface area contributed by atoms with Gasteiger partial charge in [-0.15, -0.1) is 0 Å². The molecule has 0 aliphatic carbocycles. The molecule has 0 fully saturated rings. The molecule has 2 N–H and O–H groups in total. The Balaban J connectivity index is 2.72. The molecule has 0 saturated heterocycles. The number of ether oxygens (including phenoxy) is 2. The minimum Gasteiger partial charge on any atom is -0.495 e. The summed E-state index contributed by atoms with van der Waals surface area (Å²) in [5.41, 5.74) is 6.70. The van der Waals surface area contributed by atoms with E-state index in [2.05, 4.69) is 11.0 Å². The molecule has 0 saturated carbocycles. The summed E-state index contributed by atoms with van der Waals surface area (Å²) >= 11 is 0. The van der Waals surface area contributed by atoms with Gasteiger partial charge in [0.2, 0.25) is 0 Å². The molecule has 18 heavy (non-hydrogen) atoms. The first kappa shape index (κ1) is 14.8. The molecule has 1 aromatic rings. The zero-order valence-corrected chi connectivity index (χ0v) is 11.4. The highest BCUT2D eigenvalue weighted by atomic mass is 16.5. The Morgan fingerprint density at radius 2 is 2.00 bits per heavy atom. The molecular weight excluding hydrogens is 228 g/mol. The van der Waals surface area contributed by atoms with Crippen LogP contribution in [0.5, 0.6) is 5.75 Å². The van der Waals surface area contributed by atoms with Crippen molar-refractivity contribution in [2.45, 2.75) is 13.3 Å². The van der Waals surface area contributed by atoms with Crippen LogP contribution >= 0.6 is 0 Å². The predicted molar refractivity (Wildman–Crippen MR) is 75.4 cm³/mol. The number of rotatable bonds is 9. The minimum absolute atomic E-state index is 0.695. The van der Waals surface area contributed by atoms with E-state index < -0.39 is 0 Å². The van der Waals surface area contributed by atoms with Crippen molar-refractivity contribution in [1.82, 2.24) is 0 Å². The van der Waals surface area contributed by atoms with Gasteiger partial charge >= 0.3 is 0 Å². The monoisotopic (exact) mass is 252 g/mol. The number of para-hydroxylation sites is 2. The SMILES string of the molecule is CCOCCN(CCCN)c1ccccc1OC. The van der Waals surface area contributed by atoms with Crippen LogP contribution in [0.15, 0.2) is 24.3 Å². The molecule has 4 nitrogen and oxygen atoms in total. The Morgan fingerprint density at radius 3 is 2.67 bits per heavy atom. The zero-order chi connectivity index (χ0) is 13.2. The Morgan fingerprint density at radius 1 is 1.22 bits per heavy atom. The van der Waals surface area contributed by atoms with Crippen molar-refractivity contribution in [2.75, 3.05) is 44.9 Å². The lowest BCUT2D eigenvalue weighted by Crippen LogP contribution is -2.30. The van der Waals surface area contributed by atoms with Crippen molar-refractivity contribution >= 4 is 5.69 Å². The standard InChI is InChI=1S/C14H24N2O2/c1-3-18-12-11-16(10-6-9-15)13-7-4-5-8-14(13)17-2/h4-5,7-8H,3,6,9-12,15H2,1-2H3. The molecule has 0 aliphatic heterocycles. The molecule has 0 amide bonds. The highest BCUT2D eigenvalue weighted by Crippen LogP contribution is 2.27. The van der Waals surface area contributed by atoms with E-state index >= 15 is 0 Å². The summed E-state index contributed by atoms with van der Waals surface area (Å²) in [5.74, 6) is 0.894. The second kappa shape index (κ2) is 8.78. The third-order valence-electron chi connectivity index (χ3n) is 2.77. The van der Waals surface area contributed by atoms with Crippen molar-refractivity contribution in [3.63, 3.8) is 0 Å². The lowest BCUT2D eigenvalue weighted by atomic mass is 10.2. The van der Waals surface area contributed by atoms with Gasteiger partial charge in [0, 0.05) is 19.7 Å². The lowest BCUT2D eigenvalue weighted by molar-refractivity contribution is 0.153. The van der Waals surface area contributed by atoms with Crippen LogP contribution in [0.25, 0.3) is 0 Å². The second-order valence-corrected chi connectivity index (χ2v) is 4.00. The van der Waals surface area contributed by atoms with Gasteiger partial charge in [0.25, 0.3) is 0 Å². The van der Waals surface area contributed by atoms with Gasteiger partial charge in [-0.3, -0.25) is 0 Å². The molecule has 1 rings (SSSR count). The summed E-state index contributed by atoms with van der Waals surface area (Å²) in [6.07, 6.45) is 0.962. The average Bonchev–Trinajstić information content (AvgIpc) is 2.42. The predicted octanol–water partition coefficient (Wildman–Crippen LogP) is 1.89. The van der Waals surface area contributed by atoms with E-state index in [9.17, 15) is 0 Å². The number of hydrogen-bond acceptors (Lipinski definition) is 4. The molecule has 0 spiro atoms. The van der Waals surface area contributed by atoms with Crippen LogP contribution in [0, 0.1) is 0 Å². The van der Waals surface area contributed by atoms with Crippen molar-refractivity contribution in [2.24, 2.45) is 5.73 Å². The highest BCUT2D eigenvalue weighted by Gasteiger charge is 2.10. The number of hydrogen-bond donors (Lipinski definition) is 1. The Labute approximate surface area is 110 Å². The molecule has 0 aromatic heterocycles. The third kappa shape index (κ3) is 4.55. The van der Waals surface area contributed by atoms with Gasteiger partial charge in [0.05, 0.1) is 19.4 Å². The van der Waals surface area contributed by atoms with Crippen molar-refractivity contribution < 1.29 is 9.47 Å². The number of anilines is 1. The van der Waals surface area contributed by atoms with Crippen LogP contribution in [-0.4, -0.2) is 40.0 Å². The van der Waals surface area contributed by atoms with Gasteiger partial charge in [-0.1, -0.05) is 12.1 Å². The van der Waals surface area contributed by atoms with Crippen molar-refractivity contribution in [1.29, 1.82) is 0 Å². The molecule has 0 unspecified atom stereocenters. The maximum Gasteiger partial charge on any atom is 0.142 e. The molecular formula is C14H24N2O2. The van der Waals surface area contributed by atoms with E-state index in [0.29, 0.717) is 6.54 Å². The van der Waals surface area contributed by atoms with E-state index in [-0.39, 0.29) is 0 Å². The molecule has 0 radical (unpaired) electrons. The quantitative estimate of drug-likeness (QED) is 0.682. The van der Waals surface area contributed by atoms with E-state index in [0.717, 1.165) is 44.2 Å². The smallest absolute Gasteiger partial charge is 0.142 e. The summed E-state index contributed by atoms with van der Waals surface area (Å²) in [7, 11) is 1.70. The summed E-state index contributed by atoms with van der Waals surface area (Å²) in [6.45, 7) is 5.95. The van der Waals surface area contributed by atoms with Crippen molar-refractivity contribution in [3.8, 4) is 5.75 Å². The number of benzene rings is 1. The second-order valence-electron chi connectivity index (χ2n) is 4.00. The van der Waals surface area contributed by atoms with E-state index in [4.69, 9.17) is 15.2 Å². The maximum absolute atomic E-state index is 5.59. The molecule has 4 heteroatoms. The van der Waals surface area contributed by atoms with Crippen LogP contribution in [0.4, 0.5) is 5.69 Å².